The summed E-state index contributed by atoms with van der Waals surface area (Å²) in [6.45, 7) is 0.309. The van der Waals surface area contributed by atoms with Gasteiger partial charge in [-0.15, -0.1) is 25.6 Å². The lowest BCUT2D eigenvalue weighted by atomic mass is 10.0. The lowest BCUT2D eigenvalue weighted by Gasteiger charge is -2.13. The number of ether oxygens (including phenoxy) is 1. The van der Waals surface area contributed by atoms with Crippen LogP contribution in [0.5, 0.6) is 5.75 Å². The summed E-state index contributed by atoms with van der Waals surface area (Å²) >= 11 is 0. The van der Waals surface area contributed by atoms with Crippen molar-refractivity contribution in [1.82, 2.24) is 0 Å². The molecule has 0 aliphatic rings. The maximum Gasteiger partial charge on any atom is 0.573 e. The summed E-state index contributed by atoms with van der Waals surface area (Å²) in [5, 5.41) is 0. The van der Waals surface area contributed by atoms with E-state index in [1.165, 1.54) is 6.07 Å². The van der Waals surface area contributed by atoms with Crippen molar-refractivity contribution in [2.24, 2.45) is 11.5 Å². The summed E-state index contributed by atoms with van der Waals surface area (Å²) in [5.74, 6) is -1.98. The molecule has 1 aromatic rings. The highest BCUT2D eigenvalue weighted by atomic mass is 35.5. The Bertz CT molecular complexity index is 387. The Morgan fingerprint density at radius 2 is 1.89 bits per heavy atom. The number of halogens is 5. The molecule has 0 unspecified atom stereocenters. The Morgan fingerprint density at radius 1 is 1.28 bits per heavy atom. The van der Waals surface area contributed by atoms with E-state index in [-0.39, 0.29) is 12.4 Å². The van der Waals surface area contributed by atoms with Gasteiger partial charge in [-0.25, -0.2) is 4.39 Å². The number of rotatable bonds is 4. The first kappa shape index (κ1) is 16.9. The summed E-state index contributed by atoms with van der Waals surface area (Å²) in [5.41, 5.74) is 11.3. The van der Waals surface area contributed by atoms with Crippen LogP contribution in [-0.4, -0.2) is 12.9 Å². The number of benzene rings is 1. The molecule has 1 aromatic carbocycles. The highest BCUT2D eigenvalue weighted by Crippen LogP contribution is 2.27. The van der Waals surface area contributed by atoms with Crippen LogP contribution in [0.15, 0.2) is 18.2 Å². The fourth-order valence-electron chi connectivity index (χ4n) is 1.30. The summed E-state index contributed by atoms with van der Waals surface area (Å²) in [4.78, 5) is 0. The molecule has 0 aliphatic carbocycles. The van der Waals surface area contributed by atoms with Crippen LogP contribution in [0.4, 0.5) is 17.6 Å². The van der Waals surface area contributed by atoms with Crippen LogP contribution in [0.2, 0.25) is 0 Å². The van der Waals surface area contributed by atoms with Crippen LogP contribution in [0.3, 0.4) is 0 Å². The summed E-state index contributed by atoms with van der Waals surface area (Å²) in [7, 11) is 0. The smallest absolute Gasteiger partial charge is 0.403 e. The van der Waals surface area contributed by atoms with Gasteiger partial charge < -0.3 is 16.2 Å². The first-order chi connectivity index (χ1) is 7.83. The minimum atomic E-state index is -4.91. The van der Waals surface area contributed by atoms with Crippen LogP contribution in [0.25, 0.3) is 0 Å². The molecule has 0 radical (unpaired) electrons. The Labute approximate surface area is 107 Å². The van der Waals surface area contributed by atoms with E-state index in [9.17, 15) is 17.6 Å². The molecule has 4 N–H and O–H groups in total. The largest absolute Gasteiger partial charge is 0.573 e. The molecule has 1 atom stereocenters. The molecule has 0 aromatic heterocycles. The molecule has 0 spiro atoms. The normalized spacial score (nSPS) is 12.8. The molecule has 1 rings (SSSR count). The molecule has 18 heavy (non-hydrogen) atoms. The maximum absolute atomic E-state index is 13.3. The van der Waals surface area contributed by atoms with E-state index in [4.69, 9.17) is 11.5 Å². The van der Waals surface area contributed by atoms with E-state index in [0.29, 0.717) is 18.5 Å². The number of nitrogens with two attached hydrogens (primary N) is 2. The molecule has 0 amide bonds. The van der Waals surface area contributed by atoms with Gasteiger partial charge in [-0.05, 0) is 30.7 Å². The van der Waals surface area contributed by atoms with Gasteiger partial charge in [-0.2, -0.15) is 0 Å². The van der Waals surface area contributed by atoms with E-state index in [1.807, 2.05) is 0 Å². The molecule has 8 heteroatoms. The van der Waals surface area contributed by atoms with E-state index in [2.05, 4.69) is 4.74 Å². The van der Waals surface area contributed by atoms with Gasteiger partial charge in [-0.3, -0.25) is 0 Å². The van der Waals surface area contributed by atoms with E-state index in [1.54, 1.807) is 0 Å². The van der Waals surface area contributed by atoms with Gasteiger partial charge in [0.15, 0.2) is 11.6 Å². The minimum absolute atomic E-state index is 0. The summed E-state index contributed by atoms with van der Waals surface area (Å²) in [6.07, 6.45) is -4.50. The molecule has 0 heterocycles. The van der Waals surface area contributed by atoms with Crippen molar-refractivity contribution in [1.29, 1.82) is 0 Å². The monoisotopic (exact) mass is 288 g/mol. The van der Waals surface area contributed by atoms with E-state index in [0.717, 1.165) is 12.1 Å². The second-order valence-electron chi connectivity index (χ2n) is 3.42. The van der Waals surface area contributed by atoms with Crippen LogP contribution in [-0.2, 0) is 0 Å². The topological polar surface area (TPSA) is 61.3 Å². The molecule has 0 saturated heterocycles. The summed E-state index contributed by atoms with van der Waals surface area (Å²) in [6, 6.07) is 2.59. The predicted molar refractivity (Wildman–Crippen MR) is 60.9 cm³/mol. The quantitative estimate of drug-likeness (QED) is 0.837. The van der Waals surface area contributed by atoms with Crippen LogP contribution in [0, 0.1) is 5.82 Å². The van der Waals surface area contributed by atoms with Crippen molar-refractivity contribution in [3.8, 4) is 5.75 Å². The molecule has 0 bridgehead atoms. The highest BCUT2D eigenvalue weighted by molar-refractivity contribution is 5.85. The zero-order chi connectivity index (χ0) is 13.1. The number of hydrogen-bond acceptors (Lipinski definition) is 3. The van der Waals surface area contributed by atoms with Crippen molar-refractivity contribution in [2.45, 2.75) is 18.8 Å². The van der Waals surface area contributed by atoms with Crippen molar-refractivity contribution in [3.63, 3.8) is 0 Å². The van der Waals surface area contributed by atoms with E-state index < -0.39 is 24.0 Å². The van der Waals surface area contributed by atoms with Gasteiger partial charge in [0.05, 0.1) is 0 Å². The number of hydrogen-bond donors (Lipinski definition) is 2. The molecule has 3 nitrogen and oxygen atoms in total. The fourth-order valence-corrected chi connectivity index (χ4v) is 1.30. The lowest BCUT2D eigenvalue weighted by Crippen LogP contribution is -2.19. The third-order valence-electron chi connectivity index (χ3n) is 2.09. The lowest BCUT2D eigenvalue weighted by molar-refractivity contribution is -0.275. The fraction of sp³-hybridized carbons (Fsp3) is 0.400. The second kappa shape index (κ2) is 6.77. The minimum Gasteiger partial charge on any atom is -0.403 e. The van der Waals surface area contributed by atoms with Gasteiger partial charge in [0, 0.05) is 6.04 Å². The SMILES string of the molecule is Cl.NCC[C@@H](N)c1ccc(OC(F)(F)F)c(F)c1. The molecule has 0 saturated carbocycles. The first-order valence-electron chi connectivity index (χ1n) is 4.84. The Balaban J connectivity index is 0.00000289. The van der Waals surface area contributed by atoms with Crippen molar-refractivity contribution in [2.75, 3.05) is 6.54 Å². The molecule has 0 aliphatic heterocycles. The first-order valence-corrected chi connectivity index (χ1v) is 4.84. The molecular formula is C10H13ClF4N2O. The van der Waals surface area contributed by atoms with Crippen molar-refractivity contribution < 1.29 is 22.3 Å². The van der Waals surface area contributed by atoms with E-state index >= 15 is 0 Å². The van der Waals surface area contributed by atoms with Crippen LogP contribution >= 0.6 is 12.4 Å². The number of alkyl halides is 3. The van der Waals surface area contributed by atoms with Crippen molar-refractivity contribution >= 4 is 12.4 Å². The standard InChI is InChI=1S/C10H12F4N2O.ClH/c11-7-5-6(8(16)3-4-15)1-2-9(7)17-10(12,13)14;/h1-2,5,8H,3-4,15-16H2;1H/t8-;/m1./s1. The van der Waals surface area contributed by atoms with Crippen LogP contribution < -0.4 is 16.2 Å². The van der Waals surface area contributed by atoms with Gasteiger partial charge in [0.2, 0.25) is 0 Å². The Morgan fingerprint density at radius 3 is 2.33 bits per heavy atom. The van der Waals surface area contributed by atoms with Gasteiger partial charge in [0.1, 0.15) is 0 Å². The Hall–Kier alpha value is -1.05. The van der Waals surface area contributed by atoms with Crippen LogP contribution in [0.1, 0.15) is 18.0 Å². The molecule has 0 fully saturated rings. The third kappa shape index (κ3) is 5.07. The average Bonchev–Trinajstić information content (AvgIpc) is 2.19. The maximum atomic E-state index is 13.3. The zero-order valence-corrected chi connectivity index (χ0v) is 10.0. The van der Waals surface area contributed by atoms with Gasteiger partial charge in [0.25, 0.3) is 0 Å². The average molecular weight is 289 g/mol. The Kier molecular flexibility index (Phi) is 6.37. The van der Waals surface area contributed by atoms with Crippen molar-refractivity contribution in [3.05, 3.63) is 29.6 Å². The highest BCUT2D eigenvalue weighted by Gasteiger charge is 2.32. The zero-order valence-electron chi connectivity index (χ0n) is 9.21. The second-order valence-corrected chi connectivity index (χ2v) is 3.42. The molecule has 104 valence electrons. The summed E-state index contributed by atoms with van der Waals surface area (Å²) < 4.78 is 52.4. The van der Waals surface area contributed by atoms with Gasteiger partial charge in [-0.1, -0.05) is 6.07 Å². The predicted octanol–water partition coefficient (Wildman–Crippen LogP) is 2.49. The van der Waals surface area contributed by atoms with Gasteiger partial charge >= 0.3 is 6.36 Å². The molecular weight excluding hydrogens is 276 g/mol. The third-order valence-corrected chi connectivity index (χ3v) is 2.09.